The van der Waals surface area contributed by atoms with Crippen molar-refractivity contribution in [2.45, 2.75) is 31.8 Å². The van der Waals surface area contributed by atoms with Crippen LogP contribution in [0.2, 0.25) is 0 Å². The Balaban J connectivity index is 0.951. The van der Waals surface area contributed by atoms with Crippen molar-refractivity contribution in [2.75, 3.05) is 54.0 Å². The summed E-state index contributed by atoms with van der Waals surface area (Å²) in [5.74, 6) is -0.142. The molecule has 5 aromatic rings. The highest BCUT2D eigenvalue weighted by molar-refractivity contribution is 6.05. The molecule has 0 aliphatic carbocycles. The maximum atomic E-state index is 15.1. The van der Waals surface area contributed by atoms with Crippen LogP contribution < -0.4 is 20.0 Å². The number of fused-ring (bicyclic) bond motifs is 1. The van der Waals surface area contributed by atoms with Gasteiger partial charge in [0.05, 0.1) is 23.5 Å². The molecule has 50 heavy (non-hydrogen) atoms. The van der Waals surface area contributed by atoms with Crippen molar-refractivity contribution in [3.05, 3.63) is 102 Å². The first-order chi connectivity index (χ1) is 24.3. The van der Waals surface area contributed by atoms with Gasteiger partial charge in [-0.1, -0.05) is 12.1 Å². The molecule has 6 heterocycles. The van der Waals surface area contributed by atoms with Crippen LogP contribution in [0.1, 0.15) is 36.4 Å². The first-order valence-electron chi connectivity index (χ1n) is 16.7. The van der Waals surface area contributed by atoms with E-state index in [9.17, 15) is 18.4 Å². The Hall–Kier alpha value is -5.50. The van der Waals surface area contributed by atoms with E-state index in [-0.39, 0.29) is 24.9 Å². The van der Waals surface area contributed by atoms with Crippen molar-refractivity contribution < 1.29 is 22.8 Å². The number of rotatable bonds is 7. The average molecular weight is 682 g/mol. The van der Waals surface area contributed by atoms with Crippen LogP contribution >= 0.6 is 0 Å². The Bertz CT molecular complexity index is 2100. The Kier molecular flexibility index (Phi) is 8.31. The number of nitrogens with one attached hydrogen (secondary N) is 1. The standard InChI is InChI=1S/C36H34F3N9O2/c37-24-7-9-28(38)26(19-24)31-4-2-12-47(31)33-10-14-48-35(42-33)27(21-40-48)30-3-1-5-32(41-30)45-17-15-44(16-18-45)22-23-6-8-25(20-29(23)39)46-13-11-34(49)43-36(46)50/h1,3,5-10,14,19-21,31H,2,4,11-13,15-18,22H2,(H,43,49,50)/t31-/m1/s1. The predicted molar refractivity (Wildman–Crippen MR) is 181 cm³/mol. The molecule has 3 aliphatic rings. The summed E-state index contributed by atoms with van der Waals surface area (Å²) in [5, 5.41) is 6.77. The molecule has 2 aromatic carbocycles. The molecule has 3 fully saturated rings. The topological polar surface area (TPSA) is 102 Å². The molecule has 3 aliphatic heterocycles. The van der Waals surface area contributed by atoms with E-state index in [1.165, 1.54) is 23.1 Å². The number of aromatic nitrogens is 4. The van der Waals surface area contributed by atoms with Gasteiger partial charge in [0, 0.05) is 75.2 Å². The summed E-state index contributed by atoms with van der Waals surface area (Å²) in [4.78, 5) is 41.3. The van der Waals surface area contributed by atoms with Crippen LogP contribution in [-0.2, 0) is 11.3 Å². The molecule has 1 atom stereocenters. The van der Waals surface area contributed by atoms with E-state index in [4.69, 9.17) is 9.97 Å². The highest BCUT2D eigenvalue weighted by atomic mass is 19.1. The average Bonchev–Trinajstić information content (AvgIpc) is 3.78. The summed E-state index contributed by atoms with van der Waals surface area (Å²) < 4.78 is 45.6. The molecule has 3 aromatic heterocycles. The van der Waals surface area contributed by atoms with Crippen molar-refractivity contribution in [2.24, 2.45) is 0 Å². The maximum absolute atomic E-state index is 15.1. The number of nitrogens with zero attached hydrogens (tertiary/aromatic N) is 8. The molecule has 0 unspecified atom stereocenters. The number of halogens is 3. The van der Waals surface area contributed by atoms with E-state index in [2.05, 4.69) is 20.2 Å². The summed E-state index contributed by atoms with van der Waals surface area (Å²) in [5.41, 5.74) is 3.38. The van der Waals surface area contributed by atoms with E-state index in [0.29, 0.717) is 79.7 Å². The Morgan fingerprint density at radius 2 is 1.70 bits per heavy atom. The van der Waals surface area contributed by atoms with E-state index in [1.807, 2.05) is 35.4 Å². The van der Waals surface area contributed by atoms with E-state index in [1.54, 1.807) is 22.8 Å². The van der Waals surface area contributed by atoms with Gasteiger partial charge in [-0.2, -0.15) is 5.10 Å². The second kappa shape index (κ2) is 13.1. The lowest BCUT2D eigenvalue weighted by atomic mass is 10.0. The van der Waals surface area contributed by atoms with Gasteiger partial charge in [-0.3, -0.25) is 19.9 Å². The molecule has 8 rings (SSSR count). The normalized spacial score (nSPS) is 18.7. The number of piperazine rings is 1. The Morgan fingerprint density at radius 1 is 0.840 bits per heavy atom. The highest BCUT2D eigenvalue weighted by Crippen LogP contribution is 2.37. The number of carbonyl (C=O) groups is 2. The van der Waals surface area contributed by atoms with Crippen LogP contribution in [0.15, 0.2) is 73.1 Å². The minimum atomic E-state index is -0.541. The zero-order chi connectivity index (χ0) is 34.4. The van der Waals surface area contributed by atoms with Crippen molar-refractivity contribution >= 4 is 34.9 Å². The van der Waals surface area contributed by atoms with Gasteiger partial charge in [0.25, 0.3) is 0 Å². The third-order valence-corrected chi connectivity index (χ3v) is 9.72. The van der Waals surface area contributed by atoms with Crippen LogP contribution in [0.4, 0.5) is 35.3 Å². The van der Waals surface area contributed by atoms with Gasteiger partial charge < -0.3 is 9.80 Å². The van der Waals surface area contributed by atoms with Gasteiger partial charge in [-0.15, -0.1) is 0 Å². The molecule has 0 radical (unpaired) electrons. The molecule has 256 valence electrons. The summed E-state index contributed by atoms with van der Waals surface area (Å²) in [7, 11) is 0. The van der Waals surface area contributed by atoms with Gasteiger partial charge in [0.15, 0.2) is 5.65 Å². The van der Waals surface area contributed by atoms with Crippen molar-refractivity contribution in [3.8, 4) is 11.3 Å². The molecule has 0 bridgehead atoms. The lowest BCUT2D eigenvalue weighted by molar-refractivity contribution is -0.120. The van der Waals surface area contributed by atoms with Gasteiger partial charge in [-0.05, 0) is 61.4 Å². The first-order valence-corrected chi connectivity index (χ1v) is 16.7. The third-order valence-electron chi connectivity index (χ3n) is 9.72. The lowest BCUT2D eigenvalue weighted by Gasteiger charge is -2.35. The maximum Gasteiger partial charge on any atom is 0.328 e. The molecule has 3 amide bonds. The van der Waals surface area contributed by atoms with Gasteiger partial charge in [0.2, 0.25) is 5.91 Å². The van der Waals surface area contributed by atoms with Crippen LogP contribution in [-0.4, -0.2) is 75.7 Å². The molecule has 14 heteroatoms. The molecule has 0 spiro atoms. The summed E-state index contributed by atoms with van der Waals surface area (Å²) in [6.07, 6.45) is 5.27. The second-order valence-corrected chi connectivity index (χ2v) is 12.8. The molecular formula is C36H34F3N9O2. The number of hydrogen-bond acceptors (Lipinski definition) is 8. The SMILES string of the molecule is O=C1CCN(c2ccc(CN3CCN(c4cccc(-c5cnn6ccc(N7CCC[C@@H]7c7cc(F)ccc7F)nc56)n4)CC3)c(F)c2)C(=O)N1. The molecule has 1 N–H and O–H groups in total. The largest absolute Gasteiger partial charge is 0.354 e. The number of carbonyl (C=O) groups excluding carboxylic acids is 2. The monoisotopic (exact) mass is 681 g/mol. The minimum Gasteiger partial charge on any atom is -0.354 e. The van der Waals surface area contributed by atoms with E-state index in [0.717, 1.165) is 23.9 Å². The second-order valence-electron chi connectivity index (χ2n) is 12.8. The molecular weight excluding hydrogens is 647 g/mol. The smallest absolute Gasteiger partial charge is 0.328 e. The number of amides is 3. The zero-order valence-electron chi connectivity index (χ0n) is 27.1. The number of urea groups is 1. The molecule has 0 saturated carbocycles. The van der Waals surface area contributed by atoms with Crippen molar-refractivity contribution in [3.63, 3.8) is 0 Å². The quantitative estimate of drug-likeness (QED) is 0.247. The minimum absolute atomic E-state index is 0.176. The number of benzene rings is 2. The molecule has 3 saturated heterocycles. The predicted octanol–water partition coefficient (Wildman–Crippen LogP) is 5.32. The molecule has 11 nitrogen and oxygen atoms in total. The fourth-order valence-corrected chi connectivity index (χ4v) is 7.10. The Morgan fingerprint density at radius 3 is 2.52 bits per heavy atom. The highest BCUT2D eigenvalue weighted by Gasteiger charge is 2.30. The van der Waals surface area contributed by atoms with Crippen LogP contribution in [0.5, 0.6) is 0 Å². The van der Waals surface area contributed by atoms with Crippen LogP contribution in [0.3, 0.4) is 0 Å². The van der Waals surface area contributed by atoms with E-state index < -0.39 is 23.5 Å². The van der Waals surface area contributed by atoms with E-state index >= 15 is 4.39 Å². The number of anilines is 3. The van der Waals surface area contributed by atoms with Gasteiger partial charge in [0.1, 0.15) is 29.1 Å². The summed E-state index contributed by atoms with van der Waals surface area (Å²) in [6.45, 7) is 4.12. The number of imide groups is 1. The fraction of sp³-hybridized carbons (Fsp3) is 0.306. The number of pyridine rings is 1. The summed E-state index contributed by atoms with van der Waals surface area (Å²) >= 11 is 0. The lowest BCUT2D eigenvalue weighted by Crippen LogP contribution is -2.49. The zero-order valence-corrected chi connectivity index (χ0v) is 27.1. The van der Waals surface area contributed by atoms with Crippen molar-refractivity contribution in [1.29, 1.82) is 0 Å². The van der Waals surface area contributed by atoms with Gasteiger partial charge in [-0.25, -0.2) is 32.4 Å². The third kappa shape index (κ3) is 6.10. The fourth-order valence-electron chi connectivity index (χ4n) is 7.10. The first kappa shape index (κ1) is 31.7. The number of hydrogen-bond donors (Lipinski definition) is 1. The van der Waals surface area contributed by atoms with Crippen LogP contribution in [0.25, 0.3) is 16.9 Å². The van der Waals surface area contributed by atoms with Crippen molar-refractivity contribution in [1.82, 2.24) is 29.8 Å². The summed E-state index contributed by atoms with van der Waals surface area (Å²) in [6, 6.07) is 15.2. The Labute approximate surface area is 285 Å². The van der Waals surface area contributed by atoms with Gasteiger partial charge >= 0.3 is 6.03 Å². The van der Waals surface area contributed by atoms with Crippen LogP contribution in [0, 0.1) is 17.5 Å².